The fourth-order valence-corrected chi connectivity index (χ4v) is 7.58. The third kappa shape index (κ3) is 7.05. The number of unbranched alkanes of at least 4 members (excludes halogenated alkanes) is 1. The number of pyridine rings is 1. The van der Waals surface area contributed by atoms with Gasteiger partial charge in [0.25, 0.3) is 10.0 Å². The summed E-state index contributed by atoms with van der Waals surface area (Å²) in [6, 6.07) is 20.4. The molecular weight excluding hydrogens is 535 g/mol. The Balaban J connectivity index is 1.37. The standard InChI is InChI=1S/C33H41FN4O2S/c1-2-21-37(29-14-6-7-15-29)23-11-10-22-36(24-27-13-12-20-35-33(27)34)25-28-26-38(32-19-9-8-18-31(28)32)41(39,40)30-16-4-3-5-17-30/h3-5,8-9,12-13,16-20,26,29H,2,6-7,10-11,14-15,21-25H2,1H3. The van der Waals surface area contributed by atoms with Crippen molar-refractivity contribution < 1.29 is 12.8 Å². The SMILES string of the molecule is CCCN(CCCCN(Cc1cccnc1F)Cc1cn(S(=O)(=O)c2ccccc2)c2ccccc12)C1CCCC1. The molecule has 2 aromatic heterocycles. The smallest absolute Gasteiger partial charge is 0.268 e. The van der Waals surface area contributed by atoms with E-state index in [0.717, 1.165) is 43.4 Å². The lowest BCUT2D eigenvalue weighted by Crippen LogP contribution is -2.35. The number of para-hydroxylation sites is 1. The highest BCUT2D eigenvalue weighted by Gasteiger charge is 2.23. The topological polar surface area (TPSA) is 58.4 Å². The molecule has 0 bridgehead atoms. The molecule has 0 unspecified atom stereocenters. The molecule has 1 aliphatic carbocycles. The molecule has 1 saturated carbocycles. The van der Waals surface area contributed by atoms with E-state index in [1.165, 1.54) is 42.3 Å². The van der Waals surface area contributed by atoms with Gasteiger partial charge in [0.05, 0.1) is 10.4 Å². The van der Waals surface area contributed by atoms with E-state index in [1.54, 1.807) is 42.6 Å². The van der Waals surface area contributed by atoms with Crippen molar-refractivity contribution in [3.8, 4) is 0 Å². The molecule has 0 amide bonds. The minimum absolute atomic E-state index is 0.250. The summed E-state index contributed by atoms with van der Waals surface area (Å²) < 4.78 is 43.2. The molecule has 0 N–H and O–H groups in total. The number of benzene rings is 2. The first kappa shape index (κ1) is 29.4. The molecule has 0 saturated heterocycles. The van der Waals surface area contributed by atoms with Crippen LogP contribution in [0.4, 0.5) is 4.39 Å². The van der Waals surface area contributed by atoms with Crippen molar-refractivity contribution in [1.29, 1.82) is 0 Å². The van der Waals surface area contributed by atoms with Crippen molar-refractivity contribution in [2.45, 2.75) is 75.9 Å². The van der Waals surface area contributed by atoms with E-state index in [0.29, 0.717) is 30.2 Å². The van der Waals surface area contributed by atoms with Gasteiger partial charge in [-0.2, -0.15) is 4.39 Å². The molecule has 4 aromatic rings. The monoisotopic (exact) mass is 576 g/mol. The van der Waals surface area contributed by atoms with Crippen LogP contribution in [0.5, 0.6) is 0 Å². The van der Waals surface area contributed by atoms with Gasteiger partial charge in [-0.1, -0.05) is 62.2 Å². The van der Waals surface area contributed by atoms with E-state index in [9.17, 15) is 12.8 Å². The van der Waals surface area contributed by atoms with Gasteiger partial charge >= 0.3 is 0 Å². The summed E-state index contributed by atoms with van der Waals surface area (Å²) >= 11 is 0. The lowest BCUT2D eigenvalue weighted by atomic mass is 10.1. The summed E-state index contributed by atoms with van der Waals surface area (Å²) in [5.41, 5.74) is 2.10. The van der Waals surface area contributed by atoms with Crippen LogP contribution >= 0.6 is 0 Å². The summed E-state index contributed by atoms with van der Waals surface area (Å²) in [7, 11) is -3.77. The van der Waals surface area contributed by atoms with Gasteiger partial charge in [-0.05, 0) is 81.6 Å². The van der Waals surface area contributed by atoms with Crippen LogP contribution in [0.1, 0.15) is 63.0 Å². The number of hydrogen-bond donors (Lipinski definition) is 0. The summed E-state index contributed by atoms with van der Waals surface area (Å²) in [5.74, 6) is -0.457. The van der Waals surface area contributed by atoms with Crippen molar-refractivity contribution >= 4 is 20.9 Å². The van der Waals surface area contributed by atoms with Crippen LogP contribution in [0.15, 0.2) is 84.0 Å². The molecule has 1 aliphatic rings. The maximum Gasteiger partial charge on any atom is 0.268 e. The number of fused-ring (bicyclic) bond motifs is 1. The molecule has 8 heteroatoms. The number of nitrogens with zero attached hydrogens (tertiary/aromatic N) is 4. The van der Waals surface area contributed by atoms with Crippen molar-refractivity contribution in [3.05, 3.63) is 96.2 Å². The predicted octanol–water partition coefficient (Wildman–Crippen LogP) is 6.85. The van der Waals surface area contributed by atoms with Gasteiger partial charge in [-0.15, -0.1) is 0 Å². The van der Waals surface area contributed by atoms with Crippen LogP contribution in [0.2, 0.25) is 0 Å². The van der Waals surface area contributed by atoms with E-state index in [4.69, 9.17) is 0 Å². The molecule has 6 nitrogen and oxygen atoms in total. The molecule has 2 heterocycles. The number of rotatable bonds is 14. The van der Waals surface area contributed by atoms with Gasteiger partial charge < -0.3 is 4.90 Å². The van der Waals surface area contributed by atoms with Crippen molar-refractivity contribution in [2.24, 2.45) is 0 Å². The zero-order chi connectivity index (χ0) is 28.7. The maximum absolute atomic E-state index is 14.6. The Kier molecular flexibility index (Phi) is 9.85. The second-order valence-corrected chi connectivity index (χ2v) is 12.9. The minimum atomic E-state index is -3.77. The summed E-state index contributed by atoms with van der Waals surface area (Å²) in [4.78, 5) is 9.00. The first-order valence-corrected chi connectivity index (χ1v) is 16.4. The Hall–Kier alpha value is -3.07. The molecular formula is C33H41FN4O2S. The van der Waals surface area contributed by atoms with E-state index in [2.05, 4.69) is 21.7 Å². The summed E-state index contributed by atoms with van der Waals surface area (Å²) in [5, 5.41) is 0.888. The highest BCUT2D eigenvalue weighted by Crippen LogP contribution is 2.28. The first-order chi connectivity index (χ1) is 20.0. The van der Waals surface area contributed by atoms with Gasteiger partial charge in [0.2, 0.25) is 5.95 Å². The Morgan fingerprint density at radius 1 is 0.878 bits per heavy atom. The average Bonchev–Trinajstić information content (AvgIpc) is 3.66. The van der Waals surface area contributed by atoms with Gasteiger partial charge in [-0.25, -0.2) is 17.4 Å². The van der Waals surface area contributed by atoms with Crippen LogP contribution in [0.25, 0.3) is 10.9 Å². The van der Waals surface area contributed by atoms with Crippen LogP contribution in [-0.4, -0.2) is 52.9 Å². The van der Waals surface area contributed by atoms with Crippen LogP contribution in [0.3, 0.4) is 0 Å². The van der Waals surface area contributed by atoms with Gasteiger partial charge in [0.1, 0.15) is 0 Å². The molecule has 41 heavy (non-hydrogen) atoms. The molecule has 2 aromatic carbocycles. The molecule has 0 atom stereocenters. The van der Waals surface area contributed by atoms with E-state index >= 15 is 0 Å². The molecule has 0 spiro atoms. The van der Waals surface area contributed by atoms with Gasteiger partial charge in [-0.3, -0.25) is 4.90 Å². The third-order valence-corrected chi connectivity index (χ3v) is 9.89. The highest BCUT2D eigenvalue weighted by molar-refractivity contribution is 7.90. The number of halogens is 1. The Labute approximate surface area is 243 Å². The highest BCUT2D eigenvalue weighted by atomic mass is 32.2. The normalized spacial score (nSPS) is 14.5. The molecule has 0 aliphatic heterocycles. The van der Waals surface area contributed by atoms with Gasteiger partial charge in [0, 0.05) is 42.5 Å². The van der Waals surface area contributed by atoms with E-state index < -0.39 is 16.0 Å². The van der Waals surface area contributed by atoms with Gasteiger partial charge in [0.15, 0.2) is 0 Å². The Morgan fingerprint density at radius 2 is 1.59 bits per heavy atom. The third-order valence-electron chi connectivity index (χ3n) is 8.21. The molecule has 0 radical (unpaired) electrons. The average molecular weight is 577 g/mol. The second kappa shape index (κ2) is 13.7. The molecule has 1 fully saturated rings. The van der Waals surface area contributed by atoms with Crippen molar-refractivity contribution in [1.82, 2.24) is 18.8 Å². The minimum Gasteiger partial charge on any atom is -0.300 e. The Bertz CT molecular complexity index is 1520. The summed E-state index contributed by atoms with van der Waals surface area (Å²) in [6.07, 6.45) is 11.7. The van der Waals surface area contributed by atoms with E-state index in [1.807, 2.05) is 30.3 Å². The van der Waals surface area contributed by atoms with Crippen LogP contribution < -0.4 is 0 Å². The Morgan fingerprint density at radius 3 is 2.34 bits per heavy atom. The van der Waals surface area contributed by atoms with E-state index in [-0.39, 0.29) is 4.90 Å². The van der Waals surface area contributed by atoms with Crippen molar-refractivity contribution in [2.75, 3.05) is 19.6 Å². The number of aromatic nitrogens is 2. The second-order valence-electron chi connectivity index (χ2n) is 11.1. The molecule has 5 rings (SSSR count). The number of hydrogen-bond acceptors (Lipinski definition) is 5. The zero-order valence-electron chi connectivity index (χ0n) is 24.0. The summed E-state index contributed by atoms with van der Waals surface area (Å²) in [6.45, 7) is 6.18. The van der Waals surface area contributed by atoms with Crippen LogP contribution in [-0.2, 0) is 23.1 Å². The largest absolute Gasteiger partial charge is 0.300 e. The lowest BCUT2D eigenvalue weighted by molar-refractivity contribution is 0.186. The quantitative estimate of drug-likeness (QED) is 0.121. The fourth-order valence-electron chi connectivity index (χ4n) is 6.17. The predicted molar refractivity (Wildman–Crippen MR) is 163 cm³/mol. The van der Waals surface area contributed by atoms with Crippen LogP contribution in [0, 0.1) is 5.95 Å². The maximum atomic E-state index is 14.6. The first-order valence-electron chi connectivity index (χ1n) is 14.9. The molecule has 218 valence electrons. The fraction of sp³-hybridized carbons (Fsp3) is 0.424. The lowest BCUT2D eigenvalue weighted by Gasteiger charge is -2.29. The zero-order valence-corrected chi connectivity index (χ0v) is 24.8. The van der Waals surface area contributed by atoms with Crippen molar-refractivity contribution in [3.63, 3.8) is 0 Å².